The van der Waals surface area contributed by atoms with E-state index in [0.717, 1.165) is 12.8 Å². The summed E-state index contributed by atoms with van der Waals surface area (Å²) in [4.78, 5) is 32.8. The smallest absolute Gasteiger partial charge is 0.407 e. The predicted molar refractivity (Wildman–Crippen MR) is 111 cm³/mol. The summed E-state index contributed by atoms with van der Waals surface area (Å²) in [6.07, 6.45) is 5.58. The topological polar surface area (TPSA) is 117 Å². The second-order valence-electron chi connectivity index (χ2n) is 7.57. The van der Waals surface area contributed by atoms with Crippen LogP contribution in [0.25, 0.3) is 0 Å². The minimum atomic E-state index is -0.619. The van der Waals surface area contributed by atoms with Crippen molar-refractivity contribution >= 4 is 18.4 Å². The molecule has 3 amide bonds. The zero-order valence-electron chi connectivity index (χ0n) is 18.6. The Morgan fingerprint density at radius 3 is 2.17 bits per heavy atom. The average molecular weight is 658 g/mol. The van der Waals surface area contributed by atoms with E-state index in [1.54, 1.807) is 6.08 Å². The van der Waals surface area contributed by atoms with Crippen LogP contribution in [0, 0.1) is 5.92 Å². The molecule has 176 valence electrons. The average Bonchev–Trinajstić information content (AvgIpc) is 2.57. The molecule has 29 heavy (non-hydrogen) atoms. The number of hydrogen-bond donors (Lipinski definition) is 4. The molecule has 0 aromatic rings. The molecule has 0 saturated carbocycles. The fraction of sp³-hybridized carbons (Fsp3) is 0.750. The molecule has 0 aliphatic rings. The summed E-state index contributed by atoms with van der Waals surface area (Å²) >= 11 is 0. The summed E-state index contributed by atoms with van der Waals surface area (Å²) in [6, 6.07) is -0.619. The van der Waals surface area contributed by atoms with Gasteiger partial charge in [0.1, 0.15) is 11.4 Å². The fourth-order valence-electron chi connectivity index (χ4n) is 1.88. The van der Waals surface area contributed by atoms with Crippen LogP contribution in [0.4, 0.5) is 4.79 Å². The molecule has 0 aliphatic carbocycles. The number of aliphatic hydroxyl groups is 1. The molecule has 8 nitrogen and oxygen atoms in total. The van der Waals surface area contributed by atoms with Gasteiger partial charge in [0.2, 0.25) is 5.91 Å². The third-order valence-corrected chi connectivity index (χ3v) is 3.25. The number of aliphatic hydroxyl groups excluding tert-OH is 1. The Bertz CT molecular complexity index is 491. The Kier molecular flexibility index (Phi) is 17.7. The molecule has 1 atom stereocenters. The molecular formula is C20H38FmN3O5-. The van der Waals surface area contributed by atoms with Gasteiger partial charge in [-0.15, -0.1) is 0 Å². The third-order valence-electron chi connectivity index (χ3n) is 3.25. The number of hydrogen-bond acceptors (Lipinski definition) is 5. The molecule has 0 spiro atoms. The number of carbonyl (C=O) groups is 2. The zero-order chi connectivity index (χ0) is 22.2. The van der Waals surface area contributed by atoms with Crippen molar-refractivity contribution in [2.45, 2.75) is 79.4 Å². The Balaban J connectivity index is -0.000000468. The summed E-state index contributed by atoms with van der Waals surface area (Å²) in [5.41, 5.74) is -0.393. The first-order valence-corrected chi connectivity index (χ1v) is 9.73. The molecule has 0 aliphatic heterocycles. The van der Waals surface area contributed by atoms with Gasteiger partial charge >= 0.3 is 6.09 Å². The molecule has 0 fully saturated rings. The first kappa shape index (κ1) is 30.5. The van der Waals surface area contributed by atoms with Crippen molar-refractivity contribution in [1.82, 2.24) is 16.0 Å². The van der Waals surface area contributed by atoms with Crippen LogP contribution in [-0.2, 0) is 14.3 Å². The first-order valence-electron chi connectivity index (χ1n) is 9.73. The minimum absolute atomic E-state index is 0. The van der Waals surface area contributed by atoms with Crippen LogP contribution < -0.4 is 16.0 Å². The van der Waals surface area contributed by atoms with E-state index in [0.29, 0.717) is 13.0 Å². The van der Waals surface area contributed by atoms with Gasteiger partial charge in [0, 0.05) is 6.54 Å². The summed E-state index contributed by atoms with van der Waals surface area (Å²) in [7, 11) is 0. The molecule has 0 heterocycles. The molecule has 0 aromatic heterocycles. The van der Waals surface area contributed by atoms with Gasteiger partial charge in [0.25, 0.3) is 0 Å². The standard InChI is InChI=1S/C11H19N2O3.C9H19NO2.Fm/c1-4-5-9(15)6-12-11(16)10(8(2)3)13-7-14;1-5-6-7-10-8(11)12-9(2,3)4;/h5,8,10,15H,4,6H2,1-3H3,(H,12,16)(H,13,14);5-7H2,1-4H3,(H,10,11);/q-1;;/b9-5+;;. The Morgan fingerprint density at radius 1 is 1.17 bits per heavy atom. The maximum Gasteiger partial charge on any atom is 0.407 e. The predicted octanol–water partition coefficient (Wildman–Crippen LogP) is 2.95. The zero-order valence-corrected chi connectivity index (χ0v) is 21.0. The minimum Gasteiger partial charge on any atom is -0.520 e. The van der Waals surface area contributed by atoms with E-state index in [1.807, 2.05) is 41.5 Å². The number of rotatable bonds is 10. The molecule has 0 bridgehead atoms. The van der Waals surface area contributed by atoms with Crippen LogP contribution in [0.2, 0.25) is 0 Å². The van der Waals surface area contributed by atoms with Gasteiger partial charge in [-0.05, 0) is 45.6 Å². The van der Waals surface area contributed by atoms with Gasteiger partial charge in [-0.2, -0.15) is 6.41 Å². The molecule has 0 saturated heterocycles. The van der Waals surface area contributed by atoms with Crippen molar-refractivity contribution < 1.29 is 24.2 Å². The Morgan fingerprint density at radius 2 is 1.76 bits per heavy atom. The summed E-state index contributed by atoms with van der Waals surface area (Å²) in [5, 5.41) is 16.8. The van der Waals surface area contributed by atoms with Gasteiger partial charge < -0.3 is 30.6 Å². The maximum atomic E-state index is 11.6. The summed E-state index contributed by atoms with van der Waals surface area (Å²) in [5.74, 6) is -0.235. The monoisotopic (exact) mass is 657 g/mol. The Labute approximate surface area is 169 Å². The number of ether oxygens (including phenoxy) is 1. The van der Waals surface area contributed by atoms with E-state index < -0.39 is 11.6 Å². The van der Waals surface area contributed by atoms with Crippen LogP contribution in [0.3, 0.4) is 0 Å². The Hall–Kier alpha value is -3.25. The van der Waals surface area contributed by atoms with E-state index >= 15 is 0 Å². The first-order chi connectivity index (χ1) is 13.0. The molecule has 1 unspecified atom stereocenters. The van der Waals surface area contributed by atoms with E-state index in [-0.39, 0.29) is 30.2 Å². The maximum absolute atomic E-state index is 11.6. The third kappa shape index (κ3) is 19.3. The van der Waals surface area contributed by atoms with Crippen LogP contribution >= 0.6 is 0 Å². The van der Waals surface area contributed by atoms with Crippen LogP contribution in [0.1, 0.15) is 67.7 Å². The second-order valence-corrected chi connectivity index (χ2v) is 7.57. The fourth-order valence-corrected chi connectivity index (χ4v) is 1.88. The van der Waals surface area contributed by atoms with Gasteiger partial charge in [0.05, 0.1) is 12.6 Å². The molecule has 9 heteroatoms. The van der Waals surface area contributed by atoms with E-state index in [2.05, 4.69) is 22.9 Å². The van der Waals surface area contributed by atoms with Gasteiger partial charge in [-0.1, -0.05) is 34.1 Å². The number of amides is 3. The number of alkyl carbamates (subject to hydrolysis) is 1. The molecule has 0 aromatic carbocycles. The molecule has 0 rings (SSSR count). The normalized spacial score (nSPS) is 11.9. The molecule has 4 N–H and O–H groups in total. The van der Waals surface area contributed by atoms with Crippen molar-refractivity contribution in [3.8, 4) is 0 Å². The van der Waals surface area contributed by atoms with Crippen LogP contribution in [0.5, 0.6) is 0 Å². The number of unbranched alkanes of at least 4 members (excludes halogenated alkanes) is 1. The van der Waals surface area contributed by atoms with Crippen molar-refractivity contribution in [3.05, 3.63) is 11.8 Å². The second kappa shape index (κ2) is 16.9. The van der Waals surface area contributed by atoms with Crippen molar-refractivity contribution in [3.63, 3.8) is 0 Å². The quantitative estimate of drug-likeness (QED) is 0.125. The van der Waals surface area contributed by atoms with Gasteiger partial charge in [-0.3, -0.25) is 4.79 Å². The molecule has 0 radical (unpaired) electrons. The summed E-state index contributed by atoms with van der Waals surface area (Å²) < 4.78 is 5.03. The van der Waals surface area contributed by atoms with Crippen molar-refractivity contribution in [1.29, 1.82) is 0 Å². The number of carbonyl (C=O) groups excluding carboxylic acids is 3. The van der Waals surface area contributed by atoms with Gasteiger partial charge in [-0.25, -0.2) is 4.79 Å². The van der Waals surface area contributed by atoms with E-state index in [1.165, 1.54) is 6.41 Å². The van der Waals surface area contributed by atoms with E-state index in [4.69, 9.17) is 4.74 Å². The number of nitrogens with one attached hydrogen (secondary N) is 3. The molecular weight excluding hydrogens is 619 g/mol. The van der Waals surface area contributed by atoms with Crippen molar-refractivity contribution in [2.75, 3.05) is 13.1 Å². The largest absolute Gasteiger partial charge is 0.520 e. The van der Waals surface area contributed by atoms with E-state index in [9.17, 15) is 19.5 Å². The SMILES string of the molecule is CC/C=C(/O)CNC(=O)C(N[C-]=O)C(C)C.CCCCNC(=O)OC(C)(C)C.[Fm]. The van der Waals surface area contributed by atoms with Crippen LogP contribution in [-0.4, -0.2) is 48.2 Å². The van der Waals surface area contributed by atoms with Gasteiger partial charge in [0.15, 0.2) is 0 Å². The number of allylic oxidation sites excluding steroid dienone is 1. The summed E-state index contributed by atoms with van der Waals surface area (Å²) in [6.45, 7) is 13.9. The van der Waals surface area contributed by atoms with Crippen LogP contribution in [0.15, 0.2) is 11.8 Å². The van der Waals surface area contributed by atoms with Crippen molar-refractivity contribution in [2.24, 2.45) is 5.92 Å².